The maximum Gasteiger partial charge on any atom is 0.259 e. The summed E-state index contributed by atoms with van der Waals surface area (Å²) in [5.74, 6) is 0.598. The van der Waals surface area contributed by atoms with Gasteiger partial charge in [0, 0.05) is 18.4 Å². The van der Waals surface area contributed by atoms with Crippen LogP contribution in [0, 0.1) is 6.92 Å². The molecule has 7 heteroatoms. The Labute approximate surface area is 104 Å². The summed E-state index contributed by atoms with van der Waals surface area (Å²) in [6, 6.07) is 0. The smallest absolute Gasteiger partial charge is 0.259 e. The topological polar surface area (TPSA) is 66.1 Å². The summed E-state index contributed by atoms with van der Waals surface area (Å²) in [5.41, 5.74) is 0. The number of nitrogens with zero attached hydrogens (tertiary/aromatic N) is 2. The lowest BCUT2D eigenvalue weighted by molar-refractivity contribution is 0.460. The van der Waals surface area contributed by atoms with E-state index in [9.17, 15) is 8.42 Å². The SMILES string of the molecule is Cc1ncc(S(=O)(=O)N(C)CCC(C)Br)[nH]1. The fourth-order valence-electron chi connectivity index (χ4n) is 1.18. The molecule has 1 aromatic rings. The molecule has 1 rings (SSSR count). The Kier molecular flexibility index (Phi) is 4.52. The second-order valence-corrected chi connectivity index (χ2v) is 7.31. The Morgan fingerprint density at radius 3 is 2.69 bits per heavy atom. The standard InChI is InChI=1S/C9H16BrN3O2S/c1-7(10)4-5-13(3)16(14,15)9-6-11-8(2)12-9/h6-7H,4-5H2,1-3H3,(H,11,12). The number of hydrogen-bond acceptors (Lipinski definition) is 3. The van der Waals surface area contributed by atoms with Crippen LogP contribution in [0.4, 0.5) is 0 Å². The molecule has 0 aromatic carbocycles. The van der Waals surface area contributed by atoms with Gasteiger partial charge in [0.15, 0.2) is 5.03 Å². The van der Waals surface area contributed by atoms with Crippen molar-refractivity contribution in [1.29, 1.82) is 0 Å². The van der Waals surface area contributed by atoms with Crippen LogP contribution in [0.25, 0.3) is 0 Å². The van der Waals surface area contributed by atoms with Gasteiger partial charge in [0.25, 0.3) is 10.0 Å². The third kappa shape index (κ3) is 3.29. The Bertz CT molecular complexity index is 441. The number of hydrogen-bond donors (Lipinski definition) is 1. The number of aryl methyl sites for hydroxylation is 1. The lowest BCUT2D eigenvalue weighted by Crippen LogP contribution is -2.29. The van der Waals surface area contributed by atoms with Crippen molar-refractivity contribution in [1.82, 2.24) is 14.3 Å². The van der Waals surface area contributed by atoms with Crippen LogP contribution in [0.15, 0.2) is 11.2 Å². The quantitative estimate of drug-likeness (QED) is 0.838. The second kappa shape index (κ2) is 5.29. The van der Waals surface area contributed by atoms with Crippen molar-refractivity contribution < 1.29 is 8.42 Å². The number of sulfonamides is 1. The predicted octanol–water partition coefficient (Wildman–Crippen LogP) is 1.51. The molecule has 0 aliphatic rings. The van der Waals surface area contributed by atoms with Gasteiger partial charge in [-0.25, -0.2) is 13.4 Å². The van der Waals surface area contributed by atoms with Crippen molar-refractivity contribution in [2.45, 2.75) is 30.1 Å². The normalized spacial score (nSPS) is 14.3. The Morgan fingerprint density at radius 1 is 1.62 bits per heavy atom. The first kappa shape index (κ1) is 13.7. The van der Waals surface area contributed by atoms with Crippen LogP contribution in [0.5, 0.6) is 0 Å². The highest BCUT2D eigenvalue weighted by atomic mass is 79.9. The van der Waals surface area contributed by atoms with E-state index < -0.39 is 10.0 Å². The molecular formula is C9H16BrN3O2S. The fourth-order valence-corrected chi connectivity index (χ4v) is 2.53. The molecule has 1 aromatic heterocycles. The maximum absolute atomic E-state index is 12.0. The highest BCUT2D eigenvalue weighted by Gasteiger charge is 2.22. The van der Waals surface area contributed by atoms with Crippen molar-refractivity contribution in [3.8, 4) is 0 Å². The first-order valence-electron chi connectivity index (χ1n) is 4.96. The van der Waals surface area contributed by atoms with E-state index in [2.05, 4.69) is 25.9 Å². The average Bonchev–Trinajstić information content (AvgIpc) is 2.61. The van der Waals surface area contributed by atoms with Gasteiger partial charge in [-0.05, 0) is 13.3 Å². The average molecular weight is 310 g/mol. The van der Waals surface area contributed by atoms with Gasteiger partial charge in [0.05, 0.1) is 6.20 Å². The zero-order valence-electron chi connectivity index (χ0n) is 9.57. The van der Waals surface area contributed by atoms with Gasteiger partial charge in [-0.15, -0.1) is 0 Å². The van der Waals surface area contributed by atoms with Gasteiger partial charge in [-0.1, -0.05) is 22.9 Å². The van der Waals surface area contributed by atoms with Crippen molar-refractivity contribution >= 4 is 26.0 Å². The summed E-state index contributed by atoms with van der Waals surface area (Å²) in [7, 11) is -1.85. The Morgan fingerprint density at radius 2 is 2.25 bits per heavy atom. The molecule has 1 heterocycles. The van der Waals surface area contributed by atoms with Crippen molar-refractivity contribution in [3.63, 3.8) is 0 Å². The summed E-state index contributed by atoms with van der Waals surface area (Å²) in [5, 5.41) is 0.148. The van der Waals surface area contributed by atoms with Gasteiger partial charge >= 0.3 is 0 Å². The Hall–Kier alpha value is -0.400. The van der Waals surface area contributed by atoms with E-state index >= 15 is 0 Å². The number of halogens is 1. The van der Waals surface area contributed by atoms with Crippen LogP contribution in [0.2, 0.25) is 0 Å². The predicted molar refractivity (Wildman–Crippen MR) is 66.1 cm³/mol. The number of rotatable bonds is 5. The van der Waals surface area contributed by atoms with Crippen LogP contribution in [0.3, 0.4) is 0 Å². The minimum Gasteiger partial charge on any atom is -0.332 e. The molecule has 1 unspecified atom stereocenters. The third-order valence-electron chi connectivity index (χ3n) is 2.21. The fraction of sp³-hybridized carbons (Fsp3) is 0.667. The number of H-pyrrole nitrogens is 1. The van der Waals surface area contributed by atoms with Gasteiger partial charge in [0.2, 0.25) is 0 Å². The van der Waals surface area contributed by atoms with Crippen molar-refractivity contribution in [3.05, 3.63) is 12.0 Å². The van der Waals surface area contributed by atoms with Crippen molar-refractivity contribution in [2.24, 2.45) is 0 Å². The molecule has 16 heavy (non-hydrogen) atoms. The van der Waals surface area contributed by atoms with Gasteiger partial charge in [-0.2, -0.15) is 4.31 Å². The molecule has 0 radical (unpaired) electrons. The molecule has 0 saturated carbocycles. The minimum atomic E-state index is -3.42. The van der Waals surface area contributed by atoms with Gasteiger partial charge in [0.1, 0.15) is 5.82 Å². The van der Waals surface area contributed by atoms with Crippen molar-refractivity contribution in [2.75, 3.05) is 13.6 Å². The van der Waals surface area contributed by atoms with Crippen LogP contribution in [0.1, 0.15) is 19.2 Å². The highest BCUT2D eigenvalue weighted by molar-refractivity contribution is 9.09. The van der Waals surface area contributed by atoms with Crippen LogP contribution in [-0.4, -0.2) is 41.1 Å². The zero-order valence-corrected chi connectivity index (χ0v) is 12.0. The van der Waals surface area contributed by atoms with E-state index in [-0.39, 0.29) is 5.03 Å². The first-order valence-corrected chi connectivity index (χ1v) is 7.31. The van der Waals surface area contributed by atoms with E-state index in [1.165, 1.54) is 10.5 Å². The maximum atomic E-state index is 12.0. The summed E-state index contributed by atoms with van der Waals surface area (Å²) in [6.07, 6.45) is 2.11. The molecule has 0 saturated heterocycles. The van der Waals surface area contributed by atoms with E-state index in [1.54, 1.807) is 14.0 Å². The lowest BCUT2D eigenvalue weighted by atomic mass is 10.3. The number of nitrogens with one attached hydrogen (secondary N) is 1. The van der Waals surface area contributed by atoms with Gasteiger partial charge in [-0.3, -0.25) is 0 Å². The van der Waals surface area contributed by atoms with E-state index in [0.29, 0.717) is 17.2 Å². The third-order valence-corrected chi connectivity index (χ3v) is 4.43. The summed E-state index contributed by atoms with van der Waals surface area (Å²) in [4.78, 5) is 6.92. The number of imidazole rings is 1. The molecule has 1 N–H and O–H groups in total. The van der Waals surface area contributed by atoms with Crippen LogP contribution >= 0.6 is 15.9 Å². The van der Waals surface area contributed by atoms with E-state index in [4.69, 9.17) is 0 Å². The van der Waals surface area contributed by atoms with Crippen LogP contribution < -0.4 is 0 Å². The summed E-state index contributed by atoms with van der Waals surface area (Å²) in [6.45, 7) is 4.19. The number of alkyl halides is 1. The molecule has 0 aliphatic heterocycles. The molecular weight excluding hydrogens is 294 g/mol. The largest absolute Gasteiger partial charge is 0.332 e. The lowest BCUT2D eigenvalue weighted by Gasteiger charge is -2.16. The van der Waals surface area contributed by atoms with Gasteiger partial charge < -0.3 is 4.98 Å². The summed E-state index contributed by atoms with van der Waals surface area (Å²) < 4.78 is 25.3. The number of aromatic amines is 1. The molecule has 5 nitrogen and oxygen atoms in total. The molecule has 0 amide bonds. The zero-order chi connectivity index (χ0) is 12.3. The van der Waals surface area contributed by atoms with Crippen LogP contribution in [-0.2, 0) is 10.0 Å². The summed E-state index contributed by atoms with van der Waals surface area (Å²) >= 11 is 3.39. The van der Waals surface area contributed by atoms with E-state index in [0.717, 1.165) is 6.42 Å². The molecule has 92 valence electrons. The Balaban J connectivity index is 2.78. The molecule has 0 aliphatic carbocycles. The molecule has 0 fully saturated rings. The molecule has 1 atom stereocenters. The highest BCUT2D eigenvalue weighted by Crippen LogP contribution is 2.13. The first-order chi connectivity index (χ1) is 7.34. The minimum absolute atomic E-state index is 0.148. The molecule has 0 spiro atoms. The second-order valence-electron chi connectivity index (χ2n) is 3.73. The number of aromatic nitrogens is 2. The monoisotopic (exact) mass is 309 g/mol. The molecule has 0 bridgehead atoms. The van der Waals surface area contributed by atoms with E-state index in [1.807, 2.05) is 6.92 Å².